The molecule has 1 aromatic carbocycles. The summed E-state index contributed by atoms with van der Waals surface area (Å²) in [7, 11) is 0. The van der Waals surface area contributed by atoms with Crippen molar-refractivity contribution < 1.29 is 19.5 Å². The van der Waals surface area contributed by atoms with E-state index in [4.69, 9.17) is 17.3 Å². The van der Waals surface area contributed by atoms with Crippen molar-refractivity contribution in [3.05, 3.63) is 28.8 Å². The van der Waals surface area contributed by atoms with E-state index in [0.29, 0.717) is 11.3 Å². The van der Waals surface area contributed by atoms with Crippen LogP contribution in [0.4, 0.5) is 5.69 Å². The van der Waals surface area contributed by atoms with Gasteiger partial charge in [0.25, 0.3) is 5.91 Å². The molecule has 0 aliphatic heterocycles. The van der Waals surface area contributed by atoms with Crippen LogP contribution in [0.2, 0.25) is 5.02 Å². The number of benzene rings is 1. The molecule has 0 heterocycles. The minimum atomic E-state index is -1.13. The van der Waals surface area contributed by atoms with Crippen LogP contribution in [-0.4, -0.2) is 29.3 Å². The average molecular weight is 313 g/mol. The summed E-state index contributed by atoms with van der Waals surface area (Å²) in [5.74, 6) is -1.86. The van der Waals surface area contributed by atoms with Gasteiger partial charge in [-0.3, -0.25) is 4.79 Å². The highest BCUT2D eigenvalue weighted by Crippen LogP contribution is 2.29. The zero-order valence-electron chi connectivity index (χ0n) is 11.7. The lowest BCUT2D eigenvalue weighted by Gasteiger charge is -2.31. The number of amides is 1. The maximum atomic E-state index is 11.5. The van der Waals surface area contributed by atoms with Crippen molar-refractivity contribution in [3.63, 3.8) is 0 Å². The van der Waals surface area contributed by atoms with E-state index >= 15 is 0 Å². The van der Waals surface area contributed by atoms with Gasteiger partial charge in [0.1, 0.15) is 12.3 Å². The maximum absolute atomic E-state index is 11.5. The number of anilines is 1. The molecule has 21 heavy (non-hydrogen) atoms. The molecule has 0 radical (unpaired) electrons. The number of carboxylic acids is 1. The van der Waals surface area contributed by atoms with Gasteiger partial charge in [0.15, 0.2) is 0 Å². The molecule has 1 unspecified atom stereocenters. The van der Waals surface area contributed by atoms with E-state index in [-0.39, 0.29) is 17.7 Å². The molecule has 1 atom stereocenters. The number of nitrogens with two attached hydrogens (primary N) is 1. The van der Waals surface area contributed by atoms with Crippen LogP contribution in [-0.2, 0) is 9.59 Å². The lowest BCUT2D eigenvalue weighted by atomic mass is 9.81. The second-order valence-corrected chi connectivity index (χ2v) is 5.77. The van der Waals surface area contributed by atoms with Gasteiger partial charge < -0.3 is 21.0 Å². The van der Waals surface area contributed by atoms with Crippen LogP contribution >= 0.6 is 11.6 Å². The largest absolute Gasteiger partial charge is 0.480 e. The fourth-order valence-corrected chi connectivity index (χ4v) is 2.10. The molecule has 0 aliphatic rings. The molecule has 114 valence electrons. The molecule has 0 saturated carbocycles. The third kappa shape index (κ3) is 4.19. The third-order valence-electron chi connectivity index (χ3n) is 3.18. The summed E-state index contributed by atoms with van der Waals surface area (Å²) in [6.45, 7) is 3.29. The second-order valence-electron chi connectivity index (χ2n) is 5.33. The third-order valence-corrected chi connectivity index (χ3v) is 3.42. The van der Waals surface area contributed by atoms with Gasteiger partial charge in [0.2, 0.25) is 0 Å². The molecular weight excluding hydrogens is 296 g/mol. The fourth-order valence-electron chi connectivity index (χ4n) is 1.93. The molecule has 0 fully saturated rings. The van der Waals surface area contributed by atoms with Crippen molar-refractivity contribution >= 4 is 35.5 Å². The molecule has 1 amide bonds. The van der Waals surface area contributed by atoms with E-state index in [0.717, 1.165) is 0 Å². The number of nitrogens with one attached hydrogen (secondary N) is 1. The first-order valence-electron chi connectivity index (χ1n) is 6.21. The van der Waals surface area contributed by atoms with Crippen molar-refractivity contribution in [1.82, 2.24) is 0 Å². The number of carbonyl (C=O) groups excluding carboxylic acids is 2. The van der Waals surface area contributed by atoms with E-state index in [1.807, 2.05) is 0 Å². The number of hydrogen-bond donors (Lipinski definition) is 3. The summed E-state index contributed by atoms with van der Waals surface area (Å²) < 4.78 is 0. The topological polar surface area (TPSA) is 109 Å². The highest BCUT2D eigenvalue weighted by molar-refractivity contribution is 6.31. The Morgan fingerprint density at radius 2 is 2.10 bits per heavy atom. The molecule has 0 saturated heterocycles. The summed E-state index contributed by atoms with van der Waals surface area (Å²) in [5, 5.41) is 12.4. The normalized spacial score (nSPS) is 12.5. The molecule has 0 spiro atoms. The SMILES string of the molecule is CC(C)(CC=O)C(Nc1ccc(Cl)cc1C(N)=O)C(=O)O. The van der Waals surface area contributed by atoms with Gasteiger partial charge in [-0.25, -0.2) is 4.79 Å². The predicted octanol–water partition coefficient (Wildman–Crippen LogP) is 1.92. The molecule has 4 N–H and O–H groups in total. The van der Waals surface area contributed by atoms with Gasteiger partial charge >= 0.3 is 5.97 Å². The van der Waals surface area contributed by atoms with Crippen molar-refractivity contribution in [1.29, 1.82) is 0 Å². The zero-order valence-corrected chi connectivity index (χ0v) is 12.5. The summed E-state index contributed by atoms with van der Waals surface area (Å²) in [6, 6.07) is 3.29. The van der Waals surface area contributed by atoms with Crippen molar-refractivity contribution in [2.45, 2.75) is 26.3 Å². The van der Waals surface area contributed by atoms with Gasteiger partial charge in [-0.05, 0) is 18.2 Å². The first kappa shape index (κ1) is 17.0. The molecule has 6 nitrogen and oxygen atoms in total. The van der Waals surface area contributed by atoms with E-state index in [1.165, 1.54) is 18.2 Å². The standard InChI is InChI=1S/C14H17ClN2O4/c1-14(2,5-6-18)11(13(20)21)17-10-4-3-8(15)7-9(10)12(16)19/h3-4,6-7,11,17H,5H2,1-2H3,(H2,16,19)(H,20,21). The monoisotopic (exact) mass is 312 g/mol. The first-order chi connectivity index (χ1) is 9.69. The Kier molecular flexibility index (Phi) is 5.32. The van der Waals surface area contributed by atoms with E-state index < -0.39 is 23.3 Å². The van der Waals surface area contributed by atoms with Crippen LogP contribution < -0.4 is 11.1 Å². The lowest BCUT2D eigenvalue weighted by molar-refractivity contribution is -0.140. The Morgan fingerprint density at radius 1 is 1.48 bits per heavy atom. The Balaban J connectivity index is 3.19. The molecular formula is C14H17ClN2O4. The van der Waals surface area contributed by atoms with Gasteiger partial charge in [-0.1, -0.05) is 25.4 Å². The van der Waals surface area contributed by atoms with Gasteiger partial charge in [-0.15, -0.1) is 0 Å². The number of carboxylic acid groups (broad SMARTS) is 1. The molecule has 1 aromatic rings. The van der Waals surface area contributed by atoms with Crippen molar-refractivity contribution in [2.24, 2.45) is 11.1 Å². The fraction of sp³-hybridized carbons (Fsp3) is 0.357. The zero-order chi connectivity index (χ0) is 16.2. The summed E-state index contributed by atoms with van der Waals surface area (Å²) >= 11 is 5.80. The maximum Gasteiger partial charge on any atom is 0.326 e. The van der Waals surface area contributed by atoms with Crippen molar-refractivity contribution in [2.75, 3.05) is 5.32 Å². The summed E-state index contributed by atoms with van der Waals surface area (Å²) in [4.78, 5) is 33.6. The summed E-state index contributed by atoms with van der Waals surface area (Å²) in [5.41, 5.74) is 4.77. The van der Waals surface area contributed by atoms with Gasteiger partial charge in [0.05, 0.1) is 5.56 Å². The number of rotatable bonds is 7. The first-order valence-corrected chi connectivity index (χ1v) is 6.59. The molecule has 7 heteroatoms. The van der Waals surface area contributed by atoms with Crippen LogP contribution in [0, 0.1) is 5.41 Å². The number of aldehydes is 1. The lowest BCUT2D eigenvalue weighted by Crippen LogP contribution is -2.43. The van der Waals surface area contributed by atoms with Crippen LogP contribution in [0.5, 0.6) is 0 Å². The van der Waals surface area contributed by atoms with E-state index in [9.17, 15) is 19.5 Å². The number of hydrogen-bond acceptors (Lipinski definition) is 4. The van der Waals surface area contributed by atoms with Crippen molar-refractivity contribution in [3.8, 4) is 0 Å². The number of aliphatic carboxylic acids is 1. The molecule has 0 aromatic heterocycles. The Bertz CT molecular complexity index is 572. The average Bonchev–Trinajstić information content (AvgIpc) is 2.36. The Hall–Kier alpha value is -2.08. The van der Waals surface area contributed by atoms with Crippen LogP contribution in [0.15, 0.2) is 18.2 Å². The molecule has 0 bridgehead atoms. The Morgan fingerprint density at radius 3 is 2.57 bits per heavy atom. The quantitative estimate of drug-likeness (QED) is 0.666. The second kappa shape index (κ2) is 6.58. The van der Waals surface area contributed by atoms with Crippen LogP contribution in [0.25, 0.3) is 0 Å². The molecule has 1 rings (SSSR count). The van der Waals surface area contributed by atoms with Gasteiger partial charge in [0, 0.05) is 22.5 Å². The van der Waals surface area contributed by atoms with E-state index in [1.54, 1.807) is 13.8 Å². The Labute approximate surface area is 127 Å². The smallest absolute Gasteiger partial charge is 0.326 e. The highest BCUT2D eigenvalue weighted by atomic mass is 35.5. The number of primary amides is 1. The summed E-state index contributed by atoms with van der Waals surface area (Å²) in [6.07, 6.45) is 0.713. The van der Waals surface area contributed by atoms with Crippen LogP contribution in [0.3, 0.4) is 0 Å². The molecule has 0 aliphatic carbocycles. The number of halogens is 1. The van der Waals surface area contributed by atoms with Gasteiger partial charge in [-0.2, -0.15) is 0 Å². The predicted molar refractivity (Wildman–Crippen MR) is 79.5 cm³/mol. The van der Waals surface area contributed by atoms with E-state index in [2.05, 4.69) is 5.32 Å². The highest BCUT2D eigenvalue weighted by Gasteiger charge is 2.35. The minimum Gasteiger partial charge on any atom is -0.480 e. The minimum absolute atomic E-state index is 0.0520. The van der Waals surface area contributed by atoms with Crippen LogP contribution in [0.1, 0.15) is 30.6 Å². The number of carbonyl (C=O) groups is 3.